The van der Waals surface area contributed by atoms with E-state index in [-0.39, 0.29) is 55.2 Å². The summed E-state index contributed by atoms with van der Waals surface area (Å²) in [4.78, 5) is 35.9. The first kappa shape index (κ1) is 22.7. The highest BCUT2D eigenvalue weighted by atomic mass is 19.4. The fourth-order valence-electron chi connectivity index (χ4n) is 4.61. The van der Waals surface area contributed by atoms with Crippen LogP contribution in [0.4, 0.5) is 23.5 Å². The van der Waals surface area contributed by atoms with Gasteiger partial charge in [0, 0.05) is 44.2 Å². The molecule has 5 rings (SSSR count). The van der Waals surface area contributed by atoms with E-state index >= 15 is 0 Å². The van der Waals surface area contributed by atoms with Gasteiger partial charge in [0.1, 0.15) is 22.6 Å². The summed E-state index contributed by atoms with van der Waals surface area (Å²) in [5, 5.41) is 17.0. The molecule has 1 aromatic carbocycles. The number of anilines is 1. The van der Waals surface area contributed by atoms with Crippen LogP contribution < -0.4 is 4.90 Å². The van der Waals surface area contributed by atoms with E-state index < -0.39 is 35.1 Å². The van der Waals surface area contributed by atoms with Gasteiger partial charge in [-0.25, -0.2) is 19.2 Å². The number of likely N-dealkylation sites (tertiary alicyclic amines) is 1. The molecule has 2 fully saturated rings. The van der Waals surface area contributed by atoms with Crippen molar-refractivity contribution in [1.29, 1.82) is 0 Å². The van der Waals surface area contributed by atoms with Crippen LogP contribution in [0.1, 0.15) is 26.4 Å². The van der Waals surface area contributed by atoms with Gasteiger partial charge in [-0.3, -0.25) is 4.79 Å². The van der Waals surface area contributed by atoms with Crippen LogP contribution >= 0.6 is 0 Å². The van der Waals surface area contributed by atoms with Gasteiger partial charge >= 0.3 is 12.1 Å². The number of carboxylic acid groups (broad SMARTS) is 1. The van der Waals surface area contributed by atoms with Gasteiger partial charge in [-0.1, -0.05) is 6.07 Å². The molecule has 1 amide bonds. The Balaban J connectivity index is 1.34. The summed E-state index contributed by atoms with van der Waals surface area (Å²) in [5.41, 5.74) is -2.50. The molecule has 2 aliphatic rings. The number of amides is 1. The number of halogens is 4. The van der Waals surface area contributed by atoms with Crippen molar-refractivity contribution in [3.8, 4) is 5.69 Å². The maximum atomic E-state index is 14.7. The highest BCUT2D eigenvalue weighted by molar-refractivity contribution is 5.98. The van der Waals surface area contributed by atoms with E-state index in [0.29, 0.717) is 6.20 Å². The van der Waals surface area contributed by atoms with Crippen molar-refractivity contribution in [1.82, 2.24) is 29.9 Å². The number of aromatic carboxylic acids is 1. The van der Waals surface area contributed by atoms with Gasteiger partial charge in [-0.15, -0.1) is 0 Å². The number of hydrogen-bond acceptors (Lipinski definition) is 7. The lowest BCUT2D eigenvalue weighted by atomic mass is 10.0. The monoisotopic (exact) mass is 491 g/mol. The number of rotatable bonds is 4. The van der Waals surface area contributed by atoms with Gasteiger partial charge in [0.05, 0.1) is 12.4 Å². The van der Waals surface area contributed by atoms with Crippen molar-refractivity contribution in [2.75, 3.05) is 31.1 Å². The molecule has 182 valence electrons. The zero-order valence-electron chi connectivity index (χ0n) is 17.9. The van der Waals surface area contributed by atoms with Gasteiger partial charge in [-0.2, -0.15) is 28.2 Å². The first-order valence-electron chi connectivity index (χ1n) is 10.5. The lowest BCUT2D eigenvalue weighted by Crippen LogP contribution is -2.35. The number of carbonyl (C=O) groups excluding carboxylic acids is 1. The van der Waals surface area contributed by atoms with Crippen LogP contribution in [0, 0.1) is 17.7 Å². The molecule has 2 aliphatic heterocycles. The predicted molar refractivity (Wildman–Crippen MR) is 110 cm³/mol. The van der Waals surface area contributed by atoms with E-state index in [1.165, 1.54) is 35.5 Å². The van der Waals surface area contributed by atoms with Gasteiger partial charge in [0.2, 0.25) is 5.95 Å². The maximum absolute atomic E-state index is 14.7. The average Bonchev–Trinajstić information content (AvgIpc) is 3.54. The summed E-state index contributed by atoms with van der Waals surface area (Å²) in [6.45, 7) is 1.06. The second-order valence-corrected chi connectivity index (χ2v) is 8.32. The first-order chi connectivity index (χ1) is 16.6. The number of benzene rings is 1. The number of carboxylic acids is 1. The molecule has 2 aromatic heterocycles. The average molecular weight is 491 g/mol. The lowest BCUT2D eigenvalue weighted by Gasteiger charge is -2.23. The van der Waals surface area contributed by atoms with E-state index in [4.69, 9.17) is 5.11 Å². The molecule has 0 spiro atoms. The van der Waals surface area contributed by atoms with Gasteiger partial charge in [-0.05, 0) is 12.1 Å². The SMILES string of the molecule is O=C(O)c1cnc(N2CC3CN(C(=O)c4c(F)cccc4-n4nccn4)CC3C2)nc1C(F)(F)F. The van der Waals surface area contributed by atoms with E-state index in [1.54, 1.807) is 4.90 Å². The molecule has 0 saturated carbocycles. The number of nitrogens with zero attached hydrogens (tertiary/aromatic N) is 7. The summed E-state index contributed by atoms with van der Waals surface area (Å²) in [6, 6.07) is 4.16. The second-order valence-electron chi connectivity index (χ2n) is 8.32. The zero-order chi connectivity index (χ0) is 24.9. The Morgan fingerprint density at radius 3 is 2.29 bits per heavy atom. The Hall–Kier alpha value is -4.10. The maximum Gasteiger partial charge on any atom is 0.434 e. The third-order valence-corrected chi connectivity index (χ3v) is 6.17. The van der Waals surface area contributed by atoms with Crippen molar-refractivity contribution in [3.63, 3.8) is 0 Å². The molecule has 2 unspecified atom stereocenters. The topological polar surface area (TPSA) is 117 Å². The summed E-state index contributed by atoms with van der Waals surface area (Å²) in [6.07, 6.45) is -1.49. The van der Waals surface area contributed by atoms with Gasteiger partial charge in [0.25, 0.3) is 5.91 Å². The third-order valence-electron chi connectivity index (χ3n) is 6.17. The van der Waals surface area contributed by atoms with E-state index in [2.05, 4.69) is 20.2 Å². The minimum atomic E-state index is -4.95. The molecule has 10 nitrogen and oxygen atoms in total. The number of carbonyl (C=O) groups is 2. The molecular formula is C21H17F4N7O3. The van der Waals surface area contributed by atoms with Crippen LogP contribution in [-0.2, 0) is 6.18 Å². The van der Waals surface area contributed by atoms with Gasteiger partial charge < -0.3 is 14.9 Å². The van der Waals surface area contributed by atoms with Crippen molar-refractivity contribution < 1.29 is 32.3 Å². The van der Waals surface area contributed by atoms with Crippen molar-refractivity contribution >= 4 is 17.8 Å². The molecule has 0 radical (unpaired) electrons. The zero-order valence-corrected chi connectivity index (χ0v) is 17.9. The third kappa shape index (κ3) is 4.04. The van der Waals surface area contributed by atoms with Crippen LogP contribution in [-0.4, -0.2) is 73.0 Å². The Morgan fingerprint density at radius 1 is 1.03 bits per heavy atom. The second kappa shape index (κ2) is 8.29. The Labute approximate surface area is 194 Å². The van der Waals surface area contributed by atoms with Crippen molar-refractivity contribution in [2.45, 2.75) is 6.18 Å². The summed E-state index contributed by atoms with van der Waals surface area (Å²) in [7, 11) is 0. The molecule has 35 heavy (non-hydrogen) atoms. The van der Waals surface area contributed by atoms with Crippen LogP contribution in [0.2, 0.25) is 0 Å². The molecule has 2 saturated heterocycles. The molecule has 2 atom stereocenters. The Morgan fingerprint density at radius 2 is 1.69 bits per heavy atom. The molecule has 4 heterocycles. The summed E-state index contributed by atoms with van der Waals surface area (Å²) in [5.74, 6) is -3.44. The number of hydrogen-bond donors (Lipinski definition) is 1. The predicted octanol–water partition coefficient (Wildman–Crippen LogP) is 2.12. The molecule has 3 aromatic rings. The first-order valence-corrected chi connectivity index (χ1v) is 10.5. The highest BCUT2D eigenvalue weighted by Gasteiger charge is 2.44. The molecular weight excluding hydrogens is 474 g/mol. The largest absolute Gasteiger partial charge is 0.478 e. The van der Waals surface area contributed by atoms with E-state index in [0.717, 1.165) is 4.80 Å². The van der Waals surface area contributed by atoms with Crippen LogP contribution in [0.5, 0.6) is 0 Å². The van der Waals surface area contributed by atoms with E-state index in [9.17, 15) is 27.2 Å². The molecule has 0 aliphatic carbocycles. The minimum absolute atomic E-state index is 0.103. The normalized spacial score (nSPS) is 19.8. The molecule has 0 bridgehead atoms. The minimum Gasteiger partial charge on any atom is -0.478 e. The van der Waals surface area contributed by atoms with Crippen LogP contribution in [0.25, 0.3) is 5.69 Å². The molecule has 14 heteroatoms. The highest BCUT2D eigenvalue weighted by Crippen LogP contribution is 2.36. The quantitative estimate of drug-likeness (QED) is 0.552. The lowest BCUT2D eigenvalue weighted by molar-refractivity contribution is -0.141. The van der Waals surface area contributed by atoms with Crippen molar-refractivity contribution in [3.05, 3.63) is 59.4 Å². The van der Waals surface area contributed by atoms with Gasteiger partial charge in [0.15, 0.2) is 5.69 Å². The summed E-state index contributed by atoms with van der Waals surface area (Å²) >= 11 is 0. The smallest absolute Gasteiger partial charge is 0.434 e. The number of aromatic nitrogens is 5. The Bertz CT molecular complexity index is 1280. The number of fused-ring (bicyclic) bond motifs is 1. The fraction of sp³-hybridized carbons (Fsp3) is 0.333. The standard InChI is InChI=1S/C21H17F4N7O3/c22-14-2-1-3-15(32-27-4-5-28-32)16(14)18(33)30-7-11-9-31(10-12(11)8-30)20-26-6-13(19(34)35)17(29-20)21(23,24)25/h1-6,11-12H,7-10H2,(H,34,35). The van der Waals surface area contributed by atoms with Crippen molar-refractivity contribution in [2.24, 2.45) is 11.8 Å². The Kier molecular flexibility index (Phi) is 5.37. The number of alkyl halides is 3. The van der Waals surface area contributed by atoms with Crippen LogP contribution in [0.3, 0.4) is 0 Å². The molecule has 1 N–H and O–H groups in total. The van der Waals surface area contributed by atoms with E-state index in [1.807, 2.05) is 0 Å². The summed E-state index contributed by atoms with van der Waals surface area (Å²) < 4.78 is 54.6. The fourth-order valence-corrected chi connectivity index (χ4v) is 4.61. The van der Waals surface area contributed by atoms with Crippen LogP contribution in [0.15, 0.2) is 36.8 Å².